The van der Waals surface area contributed by atoms with Crippen molar-refractivity contribution in [2.24, 2.45) is 7.05 Å². The maximum absolute atomic E-state index is 11.6. The van der Waals surface area contributed by atoms with Gasteiger partial charge in [-0.15, -0.1) is 0 Å². The van der Waals surface area contributed by atoms with Crippen molar-refractivity contribution < 1.29 is 4.79 Å². The molecule has 0 aliphatic carbocycles. The fourth-order valence-corrected chi connectivity index (χ4v) is 2.36. The van der Waals surface area contributed by atoms with Crippen LogP contribution in [0, 0.1) is 0 Å². The topological polar surface area (TPSA) is 34.0 Å². The molecule has 0 saturated heterocycles. The molecule has 1 aromatic carbocycles. The molecule has 4 heteroatoms. The SMILES string of the molecule is CNC(=O)c1cc2cccc(Br)c2n1C. The first-order valence-electron chi connectivity index (χ1n) is 4.61. The van der Waals surface area contributed by atoms with E-state index in [1.54, 1.807) is 7.05 Å². The van der Waals surface area contributed by atoms with Crippen LogP contribution in [0.15, 0.2) is 28.7 Å². The summed E-state index contributed by atoms with van der Waals surface area (Å²) in [6, 6.07) is 7.81. The molecule has 0 bridgehead atoms. The van der Waals surface area contributed by atoms with Crippen molar-refractivity contribution in [3.05, 3.63) is 34.4 Å². The number of benzene rings is 1. The Morgan fingerprint density at radius 1 is 1.47 bits per heavy atom. The second kappa shape index (κ2) is 3.70. The average molecular weight is 267 g/mol. The molecular weight excluding hydrogens is 256 g/mol. The predicted octanol–water partition coefficient (Wildman–Crippen LogP) is 2.30. The summed E-state index contributed by atoms with van der Waals surface area (Å²) < 4.78 is 2.88. The van der Waals surface area contributed by atoms with Crippen molar-refractivity contribution in [3.8, 4) is 0 Å². The summed E-state index contributed by atoms with van der Waals surface area (Å²) in [5, 5.41) is 3.69. The summed E-state index contributed by atoms with van der Waals surface area (Å²) in [6.45, 7) is 0. The number of aromatic nitrogens is 1. The van der Waals surface area contributed by atoms with Gasteiger partial charge in [0.15, 0.2) is 0 Å². The van der Waals surface area contributed by atoms with Gasteiger partial charge in [-0.1, -0.05) is 12.1 Å². The van der Waals surface area contributed by atoms with E-state index in [1.165, 1.54) is 0 Å². The van der Waals surface area contributed by atoms with Crippen LogP contribution >= 0.6 is 15.9 Å². The van der Waals surface area contributed by atoms with Crippen molar-refractivity contribution >= 4 is 32.7 Å². The van der Waals surface area contributed by atoms with Crippen LogP contribution in [0.1, 0.15) is 10.5 Å². The lowest BCUT2D eigenvalue weighted by Crippen LogP contribution is -2.20. The number of rotatable bonds is 1. The predicted molar refractivity (Wildman–Crippen MR) is 64.0 cm³/mol. The molecule has 0 fully saturated rings. The molecule has 1 amide bonds. The molecule has 3 nitrogen and oxygen atoms in total. The molecule has 15 heavy (non-hydrogen) atoms. The largest absolute Gasteiger partial charge is 0.354 e. The van der Waals surface area contributed by atoms with E-state index in [0.717, 1.165) is 15.4 Å². The summed E-state index contributed by atoms with van der Waals surface area (Å²) in [4.78, 5) is 11.6. The number of nitrogens with zero attached hydrogens (tertiary/aromatic N) is 1. The van der Waals surface area contributed by atoms with E-state index in [2.05, 4.69) is 21.2 Å². The van der Waals surface area contributed by atoms with E-state index in [0.29, 0.717) is 5.69 Å². The molecule has 1 N–H and O–H groups in total. The molecular formula is C11H11BrN2O. The van der Waals surface area contributed by atoms with Crippen molar-refractivity contribution in [1.82, 2.24) is 9.88 Å². The first kappa shape index (κ1) is 10.2. The van der Waals surface area contributed by atoms with E-state index in [1.807, 2.05) is 35.9 Å². The van der Waals surface area contributed by atoms with Crippen LogP contribution in [0.25, 0.3) is 10.9 Å². The molecule has 0 saturated carbocycles. The van der Waals surface area contributed by atoms with Crippen LogP contribution in [-0.4, -0.2) is 17.5 Å². The highest BCUT2D eigenvalue weighted by Gasteiger charge is 2.12. The van der Waals surface area contributed by atoms with Gasteiger partial charge in [0.25, 0.3) is 5.91 Å². The lowest BCUT2D eigenvalue weighted by Gasteiger charge is -2.03. The number of halogens is 1. The molecule has 78 valence electrons. The smallest absolute Gasteiger partial charge is 0.267 e. The number of hydrogen-bond acceptors (Lipinski definition) is 1. The number of nitrogens with one attached hydrogen (secondary N) is 1. The zero-order valence-corrected chi connectivity index (χ0v) is 10.1. The third-order valence-corrected chi connectivity index (χ3v) is 3.11. The first-order chi connectivity index (χ1) is 7.15. The minimum atomic E-state index is -0.0689. The Labute approximate surface area is 96.2 Å². The lowest BCUT2D eigenvalue weighted by molar-refractivity contribution is 0.0955. The Bertz CT molecular complexity index is 531. The molecule has 2 rings (SSSR count). The van der Waals surface area contributed by atoms with Gasteiger partial charge in [0.2, 0.25) is 0 Å². The highest BCUT2D eigenvalue weighted by molar-refractivity contribution is 9.10. The second-order valence-corrected chi connectivity index (χ2v) is 4.20. The number of amides is 1. The van der Waals surface area contributed by atoms with Crippen LogP contribution in [-0.2, 0) is 7.05 Å². The van der Waals surface area contributed by atoms with Gasteiger partial charge in [-0.25, -0.2) is 0 Å². The summed E-state index contributed by atoms with van der Waals surface area (Å²) in [7, 11) is 3.52. The van der Waals surface area contributed by atoms with Crippen molar-refractivity contribution in [2.45, 2.75) is 0 Å². The highest BCUT2D eigenvalue weighted by atomic mass is 79.9. The van der Waals surface area contributed by atoms with Gasteiger partial charge >= 0.3 is 0 Å². The van der Waals surface area contributed by atoms with Crippen LogP contribution in [0.3, 0.4) is 0 Å². The maximum atomic E-state index is 11.6. The van der Waals surface area contributed by atoms with Gasteiger partial charge in [0.1, 0.15) is 5.69 Å². The lowest BCUT2D eigenvalue weighted by atomic mass is 10.2. The van der Waals surface area contributed by atoms with E-state index in [9.17, 15) is 4.79 Å². The molecule has 0 radical (unpaired) electrons. The average Bonchev–Trinajstić information content (AvgIpc) is 2.56. The number of aryl methyl sites for hydroxylation is 1. The molecule has 0 aliphatic heterocycles. The normalized spacial score (nSPS) is 10.6. The second-order valence-electron chi connectivity index (χ2n) is 3.35. The third kappa shape index (κ3) is 1.55. The number of carbonyl (C=O) groups is 1. The Balaban J connectivity index is 2.75. The van der Waals surface area contributed by atoms with Gasteiger partial charge in [-0.3, -0.25) is 4.79 Å². The van der Waals surface area contributed by atoms with Gasteiger partial charge in [0.05, 0.1) is 5.52 Å². The van der Waals surface area contributed by atoms with Gasteiger partial charge < -0.3 is 9.88 Å². The van der Waals surface area contributed by atoms with Gasteiger partial charge in [0, 0.05) is 24.0 Å². The molecule has 2 aromatic rings. The quantitative estimate of drug-likeness (QED) is 0.845. The van der Waals surface area contributed by atoms with Gasteiger partial charge in [-0.05, 0) is 28.1 Å². The zero-order valence-electron chi connectivity index (χ0n) is 8.54. The standard InChI is InChI=1S/C11H11BrN2O/c1-13-11(15)9-6-7-4-3-5-8(12)10(7)14(9)2/h3-6H,1-2H3,(H,13,15). The van der Waals surface area contributed by atoms with Crippen molar-refractivity contribution in [2.75, 3.05) is 7.05 Å². The summed E-state index contributed by atoms with van der Waals surface area (Å²) >= 11 is 3.48. The number of fused-ring (bicyclic) bond motifs is 1. The van der Waals surface area contributed by atoms with Crippen molar-refractivity contribution in [3.63, 3.8) is 0 Å². The van der Waals surface area contributed by atoms with Crippen LogP contribution in [0.5, 0.6) is 0 Å². The van der Waals surface area contributed by atoms with Crippen LogP contribution in [0.4, 0.5) is 0 Å². The summed E-state index contributed by atoms with van der Waals surface area (Å²) in [5.41, 5.74) is 1.70. The maximum Gasteiger partial charge on any atom is 0.267 e. The number of para-hydroxylation sites is 1. The Hall–Kier alpha value is -1.29. The van der Waals surface area contributed by atoms with Crippen LogP contribution < -0.4 is 5.32 Å². The van der Waals surface area contributed by atoms with Crippen LogP contribution in [0.2, 0.25) is 0 Å². The zero-order chi connectivity index (χ0) is 11.0. The number of hydrogen-bond donors (Lipinski definition) is 1. The minimum Gasteiger partial charge on any atom is -0.354 e. The minimum absolute atomic E-state index is 0.0689. The Morgan fingerprint density at radius 2 is 2.20 bits per heavy atom. The highest BCUT2D eigenvalue weighted by Crippen LogP contribution is 2.26. The molecule has 0 spiro atoms. The summed E-state index contributed by atoms with van der Waals surface area (Å²) in [5.74, 6) is -0.0689. The molecule has 1 heterocycles. The molecule has 0 aliphatic rings. The molecule has 0 unspecified atom stereocenters. The van der Waals surface area contributed by atoms with E-state index < -0.39 is 0 Å². The monoisotopic (exact) mass is 266 g/mol. The molecule has 1 aromatic heterocycles. The third-order valence-electron chi connectivity index (χ3n) is 2.47. The molecule has 0 atom stereocenters. The van der Waals surface area contributed by atoms with Gasteiger partial charge in [-0.2, -0.15) is 0 Å². The van der Waals surface area contributed by atoms with Crippen molar-refractivity contribution in [1.29, 1.82) is 0 Å². The van der Waals surface area contributed by atoms with E-state index in [-0.39, 0.29) is 5.91 Å². The van der Waals surface area contributed by atoms with E-state index in [4.69, 9.17) is 0 Å². The Morgan fingerprint density at radius 3 is 2.80 bits per heavy atom. The Kier molecular flexibility index (Phi) is 2.52. The summed E-state index contributed by atoms with van der Waals surface area (Å²) in [6.07, 6.45) is 0. The number of carbonyl (C=O) groups excluding carboxylic acids is 1. The fraction of sp³-hybridized carbons (Fsp3) is 0.182. The first-order valence-corrected chi connectivity index (χ1v) is 5.40. The van der Waals surface area contributed by atoms with E-state index >= 15 is 0 Å². The fourth-order valence-electron chi connectivity index (χ4n) is 1.71.